The molecular weight excluding hydrogens is 340 g/mol. The molecular formula is C22H20N2OS. The van der Waals surface area contributed by atoms with E-state index < -0.39 is 0 Å². The van der Waals surface area contributed by atoms with Crippen molar-refractivity contribution in [3.63, 3.8) is 0 Å². The van der Waals surface area contributed by atoms with Crippen LogP contribution in [-0.2, 0) is 17.8 Å². The summed E-state index contributed by atoms with van der Waals surface area (Å²) >= 11 is 1.68. The SMILES string of the molecule is CSc1c(CC(N)=O)ccc2c3ccccc3n(Cc3ccccc3)c12. The van der Waals surface area contributed by atoms with Crippen molar-refractivity contribution >= 4 is 39.5 Å². The maximum atomic E-state index is 11.5. The molecule has 0 aliphatic rings. The Morgan fingerprint density at radius 3 is 2.42 bits per heavy atom. The van der Waals surface area contributed by atoms with Crippen LogP contribution in [-0.4, -0.2) is 16.7 Å². The summed E-state index contributed by atoms with van der Waals surface area (Å²) in [4.78, 5) is 12.7. The number of para-hydroxylation sites is 1. The lowest BCUT2D eigenvalue weighted by Gasteiger charge is -2.13. The third-order valence-electron chi connectivity index (χ3n) is 4.72. The second kappa shape index (κ2) is 6.89. The Morgan fingerprint density at radius 1 is 0.962 bits per heavy atom. The van der Waals surface area contributed by atoms with E-state index >= 15 is 0 Å². The fraction of sp³-hybridized carbons (Fsp3) is 0.136. The minimum Gasteiger partial charge on any atom is -0.369 e. The predicted octanol–water partition coefficient (Wildman–Crippen LogP) is 4.59. The van der Waals surface area contributed by atoms with E-state index in [1.54, 1.807) is 11.8 Å². The minimum atomic E-state index is -0.301. The number of fused-ring (bicyclic) bond motifs is 3. The zero-order chi connectivity index (χ0) is 18.1. The molecule has 130 valence electrons. The van der Waals surface area contributed by atoms with E-state index in [4.69, 9.17) is 5.73 Å². The first-order valence-electron chi connectivity index (χ1n) is 8.58. The van der Waals surface area contributed by atoms with Crippen molar-refractivity contribution in [1.82, 2.24) is 4.57 Å². The smallest absolute Gasteiger partial charge is 0.221 e. The molecule has 0 fully saturated rings. The number of hydrogen-bond acceptors (Lipinski definition) is 2. The van der Waals surface area contributed by atoms with Crippen LogP contribution in [0, 0.1) is 0 Å². The van der Waals surface area contributed by atoms with Gasteiger partial charge >= 0.3 is 0 Å². The van der Waals surface area contributed by atoms with Crippen LogP contribution in [0.4, 0.5) is 0 Å². The molecule has 1 heterocycles. The first kappa shape index (κ1) is 16.7. The standard InChI is InChI=1S/C22H20N2OS/c1-26-22-16(13-20(23)25)11-12-18-17-9-5-6-10-19(17)24(21(18)22)14-15-7-3-2-4-8-15/h2-12H,13-14H2,1H3,(H2,23,25). The summed E-state index contributed by atoms with van der Waals surface area (Å²) in [7, 11) is 0. The van der Waals surface area contributed by atoms with Gasteiger partial charge in [0.2, 0.25) is 5.91 Å². The molecule has 0 saturated carbocycles. The Balaban J connectivity index is 2.03. The van der Waals surface area contributed by atoms with Crippen LogP contribution < -0.4 is 5.73 Å². The van der Waals surface area contributed by atoms with Crippen LogP contribution in [0.2, 0.25) is 0 Å². The van der Waals surface area contributed by atoms with E-state index in [-0.39, 0.29) is 12.3 Å². The number of rotatable bonds is 5. The molecule has 0 radical (unpaired) electrons. The number of thioether (sulfide) groups is 1. The number of carbonyl (C=O) groups excluding carboxylic acids is 1. The quantitative estimate of drug-likeness (QED) is 0.529. The summed E-state index contributed by atoms with van der Waals surface area (Å²) in [6.07, 6.45) is 2.32. The van der Waals surface area contributed by atoms with Gasteiger partial charge in [0.05, 0.1) is 11.9 Å². The topological polar surface area (TPSA) is 48.0 Å². The Kier molecular flexibility index (Phi) is 4.43. The molecule has 0 saturated heterocycles. The van der Waals surface area contributed by atoms with Gasteiger partial charge in [0.15, 0.2) is 0 Å². The fourth-order valence-electron chi connectivity index (χ4n) is 3.64. The van der Waals surface area contributed by atoms with Crippen LogP contribution in [0.3, 0.4) is 0 Å². The normalized spacial score (nSPS) is 11.3. The van der Waals surface area contributed by atoms with Crippen LogP contribution in [0.25, 0.3) is 21.8 Å². The molecule has 0 bridgehead atoms. The van der Waals surface area contributed by atoms with Crippen LogP contribution >= 0.6 is 11.8 Å². The molecule has 0 aliphatic carbocycles. The molecule has 1 aromatic heterocycles. The van der Waals surface area contributed by atoms with Crippen LogP contribution in [0.1, 0.15) is 11.1 Å². The summed E-state index contributed by atoms with van der Waals surface area (Å²) in [6, 6.07) is 23.1. The summed E-state index contributed by atoms with van der Waals surface area (Å²) in [5.41, 5.74) is 10.1. The Hall–Kier alpha value is -2.72. The maximum absolute atomic E-state index is 11.5. The van der Waals surface area contributed by atoms with Gasteiger partial charge in [-0.25, -0.2) is 0 Å². The largest absolute Gasteiger partial charge is 0.369 e. The first-order valence-corrected chi connectivity index (χ1v) is 9.80. The number of nitrogens with zero attached hydrogens (tertiary/aromatic N) is 1. The number of aromatic nitrogens is 1. The highest BCUT2D eigenvalue weighted by molar-refractivity contribution is 7.98. The van der Waals surface area contributed by atoms with Crippen molar-refractivity contribution in [3.05, 3.63) is 77.9 Å². The molecule has 2 N–H and O–H groups in total. The second-order valence-corrected chi connectivity index (χ2v) is 7.20. The van der Waals surface area contributed by atoms with Gasteiger partial charge in [-0.3, -0.25) is 4.79 Å². The Morgan fingerprint density at radius 2 is 1.69 bits per heavy atom. The molecule has 3 aromatic carbocycles. The van der Waals surface area contributed by atoms with E-state index in [1.807, 2.05) is 12.1 Å². The van der Waals surface area contributed by atoms with Gasteiger partial charge in [-0.1, -0.05) is 60.7 Å². The van der Waals surface area contributed by atoms with Crippen LogP contribution in [0.5, 0.6) is 0 Å². The van der Waals surface area contributed by atoms with Crippen molar-refractivity contribution in [2.75, 3.05) is 6.26 Å². The molecule has 0 aliphatic heterocycles. The molecule has 0 atom stereocenters. The number of nitrogens with two attached hydrogens (primary N) is 1. The van der Waals surface area contributed by atoms with Gasteiger partial charge in [-0.2, -0.15) is 0 Å². The molecule has 3 nitrogen and oxygen atoms in total. The van der Waals surface area contributed by atoms with Gasteiger partial charge in [0, 0.05) is 27.7 Å². The minimum absolute atomic E-state index is 0.263. The number of carbonyl (C=O) groups is 1. The van der Waals surface area contributed by atoms with Gasteiger partial charge in [0.1, 0.15) is 0 Å². The van der Waals surface area contributed by atoms with Crippen molar-refractivity contribution < 1.29 is 4.79 Å². The van der Waals surface area contributed by atoms with Crippen molar-refractivity contribution in [2.24, 2.45) is 5.73 Å². The first-order chi connectivity index (χ1) is 12.7. The monoisotopic (exact) mass is 360 g/mol. The lowest BCUT2D eigenvalue weighted by molar-refractivity contribution is -0.117. The van der Waals surface area contributed by atoms with Crippen molar-refractivity contribution in [2.45, 2.75) is 17.9 Å². The molecule has 26 heavy (non-hydrogen) atoms. The van der Waals surface area contributed by atoms with Gasteiger partial charge in [-0.05, 0) is 23.4 Å². The molecule has 4 aromatic rings. The van der Waals surface area contributed by atoms with Crippen LogP contribution in [0.15, 0.2) is 71.6 Å². The van der Waals surface area contributed by atoms with Gasteiger partial charge in [0.25, 0.3) is 0 Å². The average molecular weight is 360 g/mol. The molecule has 0 spiro atoms. The maximum Gasteiger partial charge on any atom is 0.221 e. The molecule has 0 unspecified atom stereocenters. The highest BCUT2D eigenvalue weighted by Gasteiger charge is 2.17. The third kappa shape index (κ3) is 2.86. The summed E-state index contributed by atoms with van der Waals surface area (Å²) < 4.78 is 2.36. The van der Waals surface area contributed by atoms with Crippen molar-refractivity contribution in [1.29, 1.82) is 0 Å². The zero-order valence-corrected chi connectivity index (χ0v) is 15.4. The summed E-state index contributed by atoms with van der Waals surface area (Å²) in [5, 5.41) is 2.45. The van der Waals surface area contributed by atoms with E-state index in [1.165, 1.54) is 27.4 Å². The summed E-state index contributed by atoms with van der Waals surface area (Å²) in [6.45, 7) is 0.790. The highest BCUT2D eigenvalue weighted by Crippen LogP contribution is 2.37. The number of amides is 1. The third-order valence-corrected chi connectivity index (χ3v) is 5.58. The average Bonchev–Trinajstić information content (AvgIpc) is 2.96. The summed E-state index contributed by atoms with van der Waals surface area (Å²) in [5.74, 6) is -0.301. The molecule has 4 heteroatoms. The highest BCUT2D eigenvalue weighted by atomic mass is 32.2. The lowest BCUT2D eigenvalue weighted by atomic mass is 10.1. The molecule has 4 rings (SSSR count). The van der Waals surface area contributed by atoms with Crippen molar-refractivity contribution in [3.8, 4) is 0 Å². The number of benzene rings is 3. The van der Waals surface area contributed by atoms with E-state index in [9.17, 15) is 4.79 Å². The number of primary amides is 1. The number of hydrogen-bond donors (Lipinski definition) is 1. The predicted molar refractivity (Wildman–Crippen MR) is 110 cm³/mol. The fourth-order valence-corrected chi connectivity index (χ4v) is 4.46. The molecule has 1 amide bonds. The van der Waals surface area contributed by atoms with E-state index in [2.05, 4.69) is 65.4 Å². The van der Waals surface area contributed by atoms with E-state index in [0.29, 0.717) is 0 Å². The zero-order valence-electron chi connectivity index (χ0n) is 14.6. The van der Waals surface area contributed by atoms with Gasteiger partial charge in [-0.15, -0.1) is 11.8 Å². The van der Waals surface area contributed by atoms with E-state index in [0.717, 1.165) is 17.0 Å². The second-order valence-electron chi connectivity index (χ2n) is 6.39. The van der Waals surface area contributed by atoms with Gasteiger partial charge < -0.3 is 10.3 Å². The Labute approximate surface area is 156 Å². The Bertz CT molecular complexity index is 1100. The lowest BCUT2D eigenvalue weighted by Crippen LogP contribution is -2.14.